The average molecular weight is 333 g/mol. The van der Waals surface area contributed by atoms with Gasteiger partial charge in [-0.05, 0) is 46.7 Å². The Kier molecular flexibility index (Phi) is 3.52. The molecule has 1 aromatic rings. The summed E-state index contributed by atoms with van der Waals surface area (Å²) >= 11 is 2.26. The van der Waals surface area contributed by atoms with E-state index >= 15 is 0 Å². The monoisotopic (exact) mass is 333 g/mol. The molecular formula is C11H12INO3. The number of rotatable bonds is 3. The Morgan fingerprint density at radius 1 is 1.44 bits per heavy atom. The largest absolute Gasteiger partial charge is 0.454 e. The van der Waals surface area contributed by atoms with E-state index < -0.39 is 0 Å². The van der Waals surface area contributed by atoms with Crippen LogP contribution in [0.15, 0.2) is 12.1 Å². The molecule has 1 aliphatic rings. The zero-order valence-corrected chi connectivity index (χ0v) is 11.0. The number of nitrogens with one attached hydrogen (secondary N) is 1. The summed E-state index contributed by atoms with van der Waals surface area (Å²) in [6, 6.07) is 3.94. The van der Waals surface area contributed by atoms with Gasteiger partial charge in [-0.1, -0.05) is 0 Å². The standard InChI is InChI=1S/C11H12INO3/c1-7(14)13-3-2-8-4-10-11(5-9(8)12)16-6-15-10/h4-5H,2-3,6H2,1H3,(H,13,14). The first kappa shape index (κ1) is 11.5. The summed E-state index contributed by atoms with van der Waals surface area (Å²) in [4.78, 5) is 10.7. The van der Waals surface area contributed by atoms with Gasteiger partial charge < -0.3 is 14.8 Å². The normalized spacial score (nSPS) is 12.6. The van der Waals surface area contributed by atoms with Crippen LogP contribution in [-0.2, 0) is 11.2 Å². The molecule has 16 heavy (non-hydrogen) atoms. The molecule has 0 aromatic heterocycles. The van der Waals surface area contributed by atoms with Crippen molar-refractivity contribution in [2.24, 2.45) is 0 Å². The van der Waals surface area contributed by atoms with E-state index in [2.05, 4.69) is 27.9 Å². The van der Waals surface area contributed by atoms with Gasteiger partial charge in [-0.2, -0.15) is 0 Å². The van der Waals surface area contributed by atoms with Gasteiger partial charge in [-0.3, -0.25) is 4.79 Å². The van der Waals surface area contributed by atoms with Crippen molar-refractivity contribution in [1.29, 1.82) is 0 Å². The zero-order valence-electron chi connectivity index (χ0n) is 8.88. The molecular weight excluding hydrogens is 321 g/mol. The van der Waals surface area contributed by atoms with Gasteiger partial charge in [0.15, 0.2) is 11.5 Å². The number of amides is 1. The molecule has 1 N–H and O–H groups in total. The topological polar surface area (TPSA) is 47.6 Å². The lowest BCUT2D eigenvalue weighted by Crippen LogP contribution is -2.22. The summed E-state index contributed by atoms with van der Waals surface area (Å²) < 4.78 is 11.7. The highest BCUT2D eigenvalue weighted by molar-refractivity contribution is 14.1. The summed E-state index contributed by atoms with van der Waals surface area (Å²) in [7, 11) is 0. The molecule has 0 fully saturated rings. The predicted octanol–water partition coefficient (Wildman–Crippen LogP) is 1.70. The van der Waals surface area contributed by atoms with Crippen molar-refractivity contribution in [3.8, 4) is 11.5 Å². The number of fused-ring (bicyclic) bond motifs is 1. The van der Waals surface area contributed by atoms with Crippen LogP contribution in [0.4, 0.5) is 0 Å². The maximum Gasteiger partial charge on any atom is 0.231 e. The van der Waals surface area contributed by atoms with E-state index in [4.69, 9.17) is 9.47 Å². The smallest absolute Gasteiger partial charge is 0.231 e. The maximum absolute atomic E-state index is 10.7. The molecule has 0 saturated carbocycles. The maximum atomic E-state index is 10.7. The Morgan fingerprint density at radius 3 is 2.81 bits per heavy atom. The molecule has 0 aliphatic carbocycles. The second-order valence-electron chi connectivity index (χ2n) is 3.53. The first-order chi connectivity index (χ1) is 7.66. The van der Waals surface area contributed by atoms with E-state index in [1.54, 1.807) is 0 Å². The summed E-state index contributed by atoms with van der Waals surface area (Å²) in [6.07, 6.45) is 0.800. The number of ether oxygens (including phenoxy) is 2. The molecule has 0 saturated heterocycles. The number of halogens is 1. The second-order valence-corrected chi connectivity index (χ2v) is 4.69. The van der Waals surface area contributed by atoms with Crippen LogP contribution in [0.2, 0.25) is 0 Å². The molecule has 0 unspecified atom stereocenters. The molecule has 0 radical (unpaired) electrons. The van der Waals surface area contributed by atoms with Crippen LogP contribution in [0.25, 0.3) is 0 Å². The van der Waals surface area contributed by atoms with E-state index in [0.29, 0.717) is 13.3 Å². The van der Waals surface area contributed by atoms with Gasteiger partial charge in [0.25, 0.3) is 0 Å². The van der Waals surface area contributed by atoms with Crippen molar-refractivity contribution in [2.75, 3.05) is 13.3 Å². The van der Waals surface area contributed by atoms with E-state index in [1.165, 1.54) is 12.5 Å². The Morgan fingerprint density at radius 2 is 2.12 bits per heavy atom. The molecule has 0 bridgehead atoms. The third-order valence-corrected chi connectivity index (χ3v) is 3.31. The van der Waals surface area contributed by atoms with Crippen LogP contribution in [0, 0.1) is 3.57 Å². The van der Waals surface area contributed by atoms with Gasteiger partial charge in [-0.15, -0.1) is 0 Å². The first-order valence-corrected chi connectivity index (χ1v) is 6.07. The molecule has 1 aromatic carbocycles. The summed E-state index contributed by atoms with van der Waals surface area (Å²) in [5, 5.41) is 2.77. The minimum Gasteiger partial charge on any atom is -0.454 e. The lowest BCUT2D eigenvalue weighted by Gasteiger charge is -2.06. The van der Waals surface area contributed by atoms with Crippen LogP contribution < -0.4 is 14.8 Å². The SMILES string of the molecule is CC(=O)NCCc1cc2c(cc1I)OCO2. The van der Waals surface area contributed by atoms with Crippen molar-refractivity contribution < 1.29 is 14.3 Å². The number of hydrogen-bond donors (Lipinski definition) is 1. The third kappa shape index (κ3) is 2.58. The van der Waals surface area contributed by atoms with E-state index in [9.17, 15) is 4.79 Å². The van der Waals surface area contributed by atoms with Gasteiger partial charge >= 0.3 is 0 Å². The average Bonchev–Trinajstić information content (AvgIpc) is 2.64. The summed E-state index contributed by atoms with van der Waals surface area (Å²) in [6.45, 7) is 2.45. The molecule has 1 aliphatic heterocycles. The highest BCUT2D eigenvalue weighted by Gasteiger charge is 2.15. The summed E-state index contributed by atoms with van der Waals surface area (Å²) in [5.41, 5.74) is 1.17. The quantitative estimate of drug-likeness (QED) is 0.857. The van der Waals surface area contributed by atoms with E-state index in [-0.39, 0.29) is 5.91 Å². The van der Waals surface area contributed by atoms with Gasteiger partial charge in [-0.25, -0.2) is 0 Å². The zero-order chi connectivity index (χ0) is 11.5. The van der Waals surface area contributed by atoms with Gasteiger partial charge in [0, 0.05) is 17.0 Å². The predicted molar refractivity (Wildman–Crippen MR) is 67.7 cm³/mol. The minimum absolute atomic E-state index is 0.00393. The second kappa shape index (κ2) is 4.90. The number of hydrogen-bond acceptors (Lipinski definition) is 3. The van der Waals surface area contributed by atoms with E-state index in [1.807, 2.05) is 12.1 Å². The first-order valence-electron chi connectivity index (χ1n) is 4.99. The Balaban J connectivity index is 2.06. The van der Waals surface area contributed by atoms with Gasteiger partial charge in [0.05, 0.1) is 0 Å². The van der Waals surface area contributed by atoms with Crippen LogP contribution in [0.5, 0.6) is 11.5 Å². The van der Waals surface area contributed by atoms with Gasteiger partial charge in [0.1, 0.15) is 0 Å². The van der Waals surface area contributed by atoms with Crippen molar-refractivity contribution in [2.45, 2.75) is 13.3 Å². The van der Waals surface area contributed by atoms with Crippen LogP contribution in [-0.4, -0.2) is 19.2 Å². The van der Waals surface area contributed by atoms with Crippen molar-refractivity contribution >= 4 is 28.5 Å². The van der Waals surface area contributed by atoms with Crippen molar-refractivity contribution in [1.82, 2.24) is 5.32 Å². The van der Waals surface area contributed by atoms with Crippen LogP contribution in [0.1, 0.15) is 12.5 Å². The van der Waals surface area contributed by atoms with Crippen LogP contribution >= 0.6 is 22.6 Å². The molecule has 1 amide bonds. The molecule has 0 spiro atoms. The molecule has 1 heterocycles. The number of carbonyl (C=O) groups is 1. The van der Waals surface area contributed by atoms with Crippen molar-refractivity contribution in [3.63, 3.8) is 0 Å². The minimum atomic E-state index is -0.00393. The van der Waals surface area contributed by atoms with E-state index in [0.717, 1.165) is 21.5 Å². The number of carbonyl (C=O) groups excluding carboxylic acids is 1. The van der Waals surface area contributed by atoms with Gasteiger partial charge in [0.2, 0.25) is 12.7 Å². The third-order valence-electron chi connectivity index (χ3n) is 2.31. The Bertz CT molecular complexity index is 420. The Labute approximate surface area is 107 Å². The molecule has 2 rings (SSSR count). The molecule has 5 heteroatoms. The Hall–Kier alpha value is -0.980. The highest BCUT2D eigenvalue weighted by Crippen LogP contribution is 2.35. The molecule has 0 atom stereocenters. The summed E-state index contributed by atoms with van der Waals surface area (Å²) in [5.74, 6) is 1.58. The number of benzene rings is 1. The molecule has 86 valence electrons. The van der Waals surface area contributed by atoms with Crippen molar-refractivity contribution in [3.05, 3.63) is 21.3 Å². The molecule has 4 nitrogen and oxygen atoms in total. The fourth-order valence-electron chi connectivity index (χ4n) is 1.52. The fraction of sp³-hybridized carbons (Fsp3) is 0.364. The van der Waals surface area contributed by atoms with Crippen LogP contribution in [0.3, 0.4) is 0 Å². The fourth-order valence-corrected chi connectivity index (χ4v) is 2.23. The lowest BCUT2D eigenvalue weighted by molar-refractivity contribution is -0.118. The highest BCUT2D eigenvalue weighted by atomic mass is 127. The lowest BCUT2D eigenvalue weighted by atomic mass is 10.1.